The average molecular weight is 333 g/mol. The number of para-hydroxylation sites is 1. The van der Waals surface area contributed by atoms with Crippen molar-refractivity contribution in [2.75, 3.05) is 0 Å². The molecular weight excluding hydrogens is 314 g/mol. The van der Waals surface area contributed by atoms with Crippen molar-refractivity contribution in [2.45, 2.75) is 31.8 Å². The van der Waals surface area contributed by atoms with E-state index in [0.717, 1.165) is 18.4 Å². The number of carbonyl (C=O) groups excluding carboxylic acids is 1. The van der Waals surface area contributed by atoms with Gasteiger partial charge in [0.25, 0.3) is 0 Å². The number of benzene rings is 2. The van der Waals surface area contributed by atoms with Gasteiger partial charge in [0, 0.05) is 11.8 Å². The zero-order valence-electron chi connectivity index (χ0n) is 13.8. The highest BCUT2D eigenvalue weighted by atomic mass is 16.1. The number of fused-ring (bicyclic) bond motifs is 2. The summed E-state index contributed by atoms with van der Waals surface area (Å²) < 4.78 is 1.72. The molecule has 0 radical (unpaired) electrons. The van der Waals surface area contributed by atoms with E-state index >= 15 is 0 Å². The number of rotatable bonds is 4. The molecule has 0 saturated heterocycles. The minimum absolute atomic E-state index is 0.00582. The lowest BCUT2D eigenvalue weighted by Gasteiger charge is -2.15. The van der Waals surface area contributed by atoms with Crippen LogP contribution in [0.5, 0.6) is 0 Å². The normalized spacial score (nSPS) is 15.9. The van der Waals surface area contributed by atoms with Gasteiger partial charge in [0.1, 0.15) is 0 Å². The molecule has 0 saturated carbocycles. The smallest absolute Gasteiger partial charge is 0.222 e. The van der Waals surface area contributed by atoms with Crippen molar-refractivity contribution in [1.82, 2.24) is 15.1 Å². The summed E-state index contributed by atoms with van der Waals surface area (Å²) in [4.78, 5) is 24.2. The molecule has 2 aromatic carbocycles. The van der Waals surface area contributed by atoms with Crippen LogP contribution < -0.4 is 10.7 Å². The van der Waals surface area contributed by atoms with E-state index in [4.69, 9.17) is 0 Å². The van der Waals surface area contributed by atoms with Gasteiger partial charge in [-0.2, -0.15) is 5.10 Å². The van der Waals surface area contributed by atoms with Crippen LogP contribution in [0.2, 0.25) is 0 Å². The van der Waals surface area contributed by atoms with E-state index in [-0.39, 0.29) is 17.4 Å². The van der Waals surface area contributed by atoms with Crippen molar-refractivity contribution in [3.63, 3.8) is 0 Å². The van der Waals surface area contributed by atoms with Gasteiger partial charge in [0.2, 0.25) is 11.3 Å². The number of carbonyl (C=O) groups is 1. The molecule has 1 aliphatic carbocycles. The standard InChI is InChI=1S/C20H19N3O2/c24-19-13-21-23(18-8-4-3-7-16(18)19)12-11-20(25)22-17-10-9-14-5-1-2-6-15(14)17/h1-8,13,17H,9-12H2,(H,22,25)/t17-/m0/s1. The molecule has 1 amide bonds. The Hall–Kier alpha value is -2.95. The molecule has 0 fully saturated rings. The van der Waals surface area contributed by atoms with Crippen LogP contribution in [0.15, 0.2) is 59.5 Å². The Kier molecular flexibility index (Phi) is 4.06. The summed E-state index contributed by atoms with van der Waals surface area (Å²) in [6, 6.07) is 15.7. The van der Waals surface area contributed by atoms with Crippen molar-refractivity contribution >= 4 is 16.8 Å². The van der Waals surface area contributed by atoms with Crippen molar-refractivity contribution in [2.24, 2.45) is 0 Å². The molecule has 1 N–H and O–H groups in total. The van der Waals surface area contributed by atoms with Crippen molar-refractivity contribution in [3.05, 3.63) is 76.1 Å². The molecule has 25 heavy (non-hydrogen) atoms. The molecule has 4 rings (SSSR count). The monoisotopic (exact) mass is 333 g/mol. The van der Waals surface area contributed by atoms with Crippen LogP contribution in [0.1, 0.15) is 30.0 Å². The Bertz CT molecular complexity index is 993. The number of amides is 1. The Morgan fingerprint density at radius 2 is 1.96 bits per heavy atom. The maximum atomic E-state index is 12.4. The van der Waals surface area contributed by atoms with Crippen LogP contribution >= 0.6 is 0 Å². The molecule has 1 aliphatic rings. The van der Waals surface area contributed by atoms with Gasteiger partial charge in [-0.1, -0.05) is 36.4 Å². The number of nitrogens with zero attached hydrogens (tertiary/aromatic N) is 2. The summed E-state index contributed by atoms with van der Waals surface area (Å²) in [6.45, 7) is 0.445. The van der Waals surface area contributed by atoms with E-state index < -0.39 is 0 Å². The fraction of sp³-hybridized carbons (Fsp3) is 0.250. The molecule has 1 heterocycles. The lowest BCUT2D eigenvalue weighted by Crippen LogP contribution is -2.28. The number of aromatic nitrogens is 2. The highest BCUT2D eigenvalue weighted by Crippen LogP contribution is 2.30. The maximum Gasteiger partial charge on any atom is 0.222 e. The summed E-state index contributed by atoms with van der Waals surface area (Å²) in [5.41, 5.74) is 3.21. The second-order valence-electron chi connectivity index (χ2n) is 6.36. The zero-order chi connectivity index (χ0) is 17.2. The van der Waals surface area contributed by atoms with Gasteiger partial charge in [-0.25, -0.2) is 0 Å². The largest absolute Gasteiger partial charge is 0.349 e. The maximum absolute atomic E-state index is 12.4. The molecule has 5 heteroatoms. The molecule has 0 aliphatic heterocycles. The second kappa shape index (κ2) is 6.51. The second-order valence-corrected chi connectivity index (χ2v) is 6.36. The Balaban J connectivity index is 1.45. The van der Waals surface area contributed by atoms with Gasteiger partial charge in [-0.15, -0.1) is 0 Å². The molecule has 0 bridgehead atoms. The molecule has 1 atom stereocenters. The van der Waals surface area contributed by atoms with E-state index in [2.05, 4.69) is 22.5 Å². The van der Waals surface area contributed by atoms with Crippen LogP contribution in [-0.4, -0.2) is 15.7 Å². The zero-order valence-corrected chi connectivity index (χ0v) is 13.8. The molecule has 3 aromatic rings. The van der Waals surface area contributed by atoms with Crippen LogP contribution in [0, 0.1) is 0 Å². The highest BCUT2D eigenvalue weighted by molar-refractivity contribution is 5.79. The molecule has 0 spiro atoms. The van der Waals surface area contributed by atoms with E-state index in [1.54, 1.807) is 10.7 Å². The van der Waals surface area contributed by atoms with Crippen LogP contribution in [-0.2, 0) is 17.8 Å². The van der Waals surface area contributed by atoms with E-state index in [9.17, 15) is 9.59 Å². The molecule has 0 unspecified atom stereocenters. The molecule has 1 aromatic heterocycles. The highest BCUT2D eigenvalue weighted by Gasteiger charge is 2.23. The van der Waals surface area contributed by atoms with E-state index in [1.165, 1.54) is 17.3 Å². The SMILES string of the molecule is O=C(CCn1ncc(=O)c2ccccc21)N[C@H]1CCc2ccccc21. The van der Waals surface area contributed by atoms with Gasteiger partial charge in [0.15, 0.2) is 0 Å². The lowest BCUT2D eigenvalue weighted by atomic mass is 10.1. The number of nitrogens with one attached hydrogen (secondary N) is 1. The first-order valence-corrected chi connectivity index (χ1v) is 8.54. The van der Waals surface area contributed by atoms with Gasteiger partial charge in [0.05, 0.1) is 24.3 Å². The Morgan fingerprint density at radius 1 is 1.16 bits per heavy atom. The first-order valence-electron chi connectivity index (χ1n) is 8.54. The molecule has 5 nitrogen and oxygen atoms in total. The predicted molar refractivity (Wildman–Crippen MR) is 96.3 cm³/mol. The molecular formula is C20H19N3O2. The quantitative estimate of drug-likeness (QED) is 0.798. The average Bonchev–Trinajstić information content (AvgIpc) is 3.04. The minimum atomic E-state index is -0.0983. The summed E-state index contributed by atoms with van der Waals surface area (Å²) in [7, 11) is 0. The van der Waals surface area contributed by atoms with E-state index in [1.807, 2.05) is 30.3 Å². The van der Waals surface area contributed by atoms with Crippen molar-refractivity contribution < 1.29 is 4.79 Å². The van der Waals surface area contributed by atoms with Crippen molar-refractivity contribution in [1.29, 1.82) is 0 Å². The van der Waals surface area contributed by atoms with Crippen LogP contribution in [0.25, 0.3) is 10.9 Å². The van der Waals surface area contributed by atoms with Gasteiger partial charge in [-0.05, 0) is 36.1 Å². The fourth-order valence-electron chi connectivity index (χ4n) is 3.52. The number of aryl methyl sites for hydroxylation is 2. The predicted octanol–water partition coefficient (Wildman–Crippen LogP) is 2.59. The summed E-state index contributed by atoms with van der Waals surface area (Å²) in [6.07, 6.45) is 3.60. The first kappa shape index (κ1) is 15.6. The van der Waals surface area contributed by atoms with Crippen LogP contribution in [0.4, 0.5) is 0 Å². The fourth-order valence-corrected chi connectivity index (χ4v) is 3.52. The lowest BCUT2D eigenvalue weighted by molar-refractivity contribution is -0.122. The third-order valence-corrected chi connectivity index (χ3v) is 4.78. The topological polar surface area (TPSA) is 64.0 Å². The number of hydrogen-bond donors (Lipinski definition) is 1. The van der Waals surface area contributed by atoms with Gasteiger partial charge in [-0.3, -0.25) is 14.3 Å². The third kappa shape index (κ3) is 3.05. The van der Waals surface area contributed by atoms with Crippen molar-refractivity contribution in [3.8, 4) is 0 Å². The summed E-state index contributed by atoms with van der Waals surface area (Å²) in [5.74, 6) is 0.00582. The Labute approximate surface area is 145 Å². The summed E-state index contributed by atoms with van der Waals surface area (Å²) in [5, 5.41) is 7.92. The minimum Gasteiger partial charge on any atom is -0.349 e. The van der Waals surface area contributed by atoms with Gasteiger partial charge >= 0.3 is 0 Å². The Morgan fingerprint density at radius 3 is 2.88 bits per heavy atom. The first-order chi connectivity index (χ1) is 12.2. The van der Waals surface area contributed by atoms with Gasteiger partial charge < -0.3 is 5.32 Å². The molecule has 126 valence electrons. The van der Waals surface area contributed by atoms with Crippen LogP contribution in [0.3, 0.4) is 0 Å². The third-order valence-electron chi connectivity index (χ3n) is 4.78. The summed E-state index contributed by atoms with van der Waals surface area (Å²) >= 11 is 0. The number of hydrogen-bond acceptors (Lipinski definition) is 3. The van der Waals surface area contributed by atoms with E-state index in [0.29, 0.717) is 18.4 Å².